The van der Waals surface area contributed by atoms with Gasteiger partial charge in [0.1, 0.15) is 19.3 Å². The topological polar surface area (TPSA) is 237 Å². The predicted molar refractivity (Wildman–Crippen MR) is 390 cm³/mol. The summed E-state index contributed by atoms with van der Waals surface area (Å²) in [5.74, 6) is -2.30. The van der Waals surface area contributed by atoms with E-state index in [1.807, 2.05) is 12.2 Å². The van der Waals surface area contributed by atoms with Gasteiger partial charge in [0.05, 0.1) is 26.4 Å². The lowest BCUT2D eigenvalue weighted by Gasteiger charge is -2.21. The number of hydrogen-bond donors (Lipinski definition) is 3. The van der Waals surface area contributed by atoms with Crippen molar-refractivity contribution in [2.24, 2.45) is 0 Å². The van der Waals surface area contributed by atoms with Crippen molar-refractivity contribution in [3.05, 3.63) is 134 Å². The van der Waals surface area contributed by atoms with Crippen molar-refractivity contribution in [2.45, 2.75) is 290 Å². The van der Waals surface area contributed by atoms with Crippen LogP contribution in [0.25, 0.3) is 0 Å². The Morgan fingerprint density at radius 3 is 0.875 bits per heavy atom. The minimum absolute atomic E-state index is 0.0624. The van der Waals surface area contributed by atoms with Crippen LogP contribution in [0, 0.1) is 0 Å². The van der Waals surface area contributed by atoms with Crippen LogP contribution in [0.2, 0.25) is 0 Å². The summed E-state index contributed by atoms with van der Waals surface area (Å²) >= 11 is 0. The molecule has 0 radical (unpaired) electrons. The Morgan fingerprint density at radius 2 is 0.552 bits per heavy atom. The number of ether oxygens (including phenoxy) is 4. The molecule has 3 N–H and O–H groups in total. The Balaban J connectivity index is 5.42. The first-order valence-corrected chi connectivity index (χ1v) is 39.4. The quantitative estimate of drug-likeness (QED) is 0.0169. The summed E-state index contributed by atoms with van der Waals surface area (Å²) in [6.07, 6.45) is 74.6. The fourth-order valence-electron chi connectivity index (χ4n) is 9.01. The number of phosphoric ester groups is 2. The summed E-state index contributed by atoms with van der Waals surface area (Å²) in [6, 6.07) is 0. The number of aliphatic hydroxyl groups is 1. The zero-order valence-electron chi connectivity index (χ0n) is 59.5. The molecule has 5 unspecified atom stereocenters. The maximum absolute atomic E-state index is 13.0. The van der Waals surface area contributed by atoms with Gasteiger partial charge in [-0.2, -0.15) is 0 Å². The number of carbonyl (C=O) groups excluding carboxylic acids is 4. The Hall–Kier alpha value is -4.80. The Bertz CT molecular complexity index is 2350. The molecule has 0 fully saturated rings. The van der Waals surface area contributed by atoms with Gasteiger partial charge in [0.25, 0.3) is 0 Å². The second kappa shape index (κ2) is 68.7. The molecule has 17 nitrogen and oxygen atoms in total. The van der Waals surface area contributed by atoms with Gasteiger partial charge >= 0.3 is 39.5 Å². The highest BCUT2D eigenvalue weighted by Gasteiger charge is 2.30. The van der Waals surface area contributed by atoms with Gasteiger partial charge in [0.2, 0.25) is 0 Å². The molecule has 0 bridgehead atoms. The zero-order valence-corrected chi connectivity index (χ0v) is 61.3. The Kier molecular flexibility index (Phi) is 65.3. The zero-order chi connectivity index (χ0) is 70.4. The molecule has 0 spiro atoms. The highest BCUT2D eigenvalue weighted by atomic mass is 31.2. The average molecular weight is 1390 g/mol. The van der Waals surface area contributed by atoms with Gasteiger partial charge in [-0.25, -0.2) is 9.13 Å². The number of carbonyl (C=O) groups is 4. The number of allylic oxidation sites excluding steroid dienone is 22. The van der Waals surface area contributed by atoms with Crippen molar-refractivity contribution < 1.29 is 80.2 Å². The number of phosphoric acid groups is 2. The number of rotatable bonds is 67. The van der Waals surface area contributed by atoms with E-state index >= 15 is 0 Å². The summed E-state index contributed by atoms with van der Waals surface area (Å²) in [5.41, 5.74) is 0. The van der Waals surface area contributed by atoms with Crippen molar-refractivity contribution in [2.75, 3.05) is 39.6 Å². The van der Waals surface area contributed by atoms with E-state index in [1.54, 1.807) is 0 Å². The number of unbranched alkanes of at least 4 members (excludes halogenated alkanes) is 19. The van der Waals surface area contributed by atoms with Crippen molar-refractivity contribution in [3.8, 4) is 0 Å². The molecule has 5 atom stereocenters. The van der Waals surface area contributed by atoms with Crippen molar-refractivity contribution in [3.63, 3.8) is 0 Å². The maximum Gasteiger partial charge on any atom is 0.472 e. The number of esters is 4. The molecule has 0 saturated carbocycles. The van der Waals surface area contributed by atoms with E-state index in [2.05, 4.69) is 149 Å². The first-order chi connectivity index (χ1) is 46.7. The van der Waals surface area contributed by atoms with E-state index in [4.69, 9.17) is 37.0 Å². The fraction of sp³-hybridized carbons (Fsp3) is 0.662. The first kappa shape index (κ1) is 91.2. The monoisotopic (exact) mass is 1390 g/mol. The summed E-state index contributed by atoms with van der Waals surface area (Å²) < 4.78 is 68.2. The molecular formula is C77H128O17P2. The molecule has 548 valence electrons. The van der Waals surface area contributed by atoms with E-state index in [0.717, 1.165) is 186 Å². The van der Waals surface area contributed by atoms with Crippen LogP contribution < -0.4 is 0 Å². The van der Waals surface area contributed by atoms with Crippen molar-refractivity contribution >= 4 is 39.5 Å². The summed E-state index contributed by atoms with van der Waals surface area (Å²) in [4.78, 5) is 72.7. The minimum atomic E-state index is -4.99. The molecule has 0 aromatic rings. The summed E-state index contributed by atoms with van der Waals surface area (Å²) in [7, 11) is -9.98. The highest BCUT2D eigenvalue weighted by Crippen LogP contribution is 2.45. The summed E-state index contributed by atoms with van der Waals surface area (Å²) in [5, 5.41) is 10.6. The molecule has 0 heterocycles. The Labute approximate surface area is 580 Å². The van der Waals surface area contributed by atoms with Gasteiger partial charge in [-0.15, -0.1) is 0 Å². The molecule has 0 aromatic carbocycles. The standard InChI is InChI=1S/C77H128O17P2/c1-5-9-13-17-21-25-29-33-34-35-36-40-42-46-50-54-58-62-75(80)88-68-73(94-77(82)64-60-56-52-48-44-39-32-28-24-20-16-12-8-4)70-92-96(85,86)90-66-71(78)65-89-95(83,84)91-69-72(93-76(81)63-59-55-51-47-43-38-31-27-23-19-15-11-7-3)67-87-74(79)61-57-53-49-45-41-37-30-26-22-18-14-10-6-2/h9,13-16,18-21,25-28,30-34,36,40,46,50,71-73,78H,5-8,10-12,17,22-24,29,35,37-39,41-45,47-49,51-70H2,1-4H3,(H,83,84)(H,85,86)/b13-9-,18-14-,19-15-,20-16-,25-21-,30-26-,31-27-,32-28-,34-33-,40-36-,50-46-. The SMILES string of the molecule is CC/C=C\C/C=C\C/C=C\C/C=C\C/C=C\CCCC(=O)OCC(COP(=O)(O)OCC(O)COP(=O)(O)OCC(COC(=O)CCCCCCC/C=C\C/C=C\CCC)OC(=O)CCCCCCC/C=C\C/C=C\CCC)OC(=O)CCCCCCC/C=C\C/C=C\CCC. The fourth-order valence-corrected chi connectivity index (χ4v) is 10.6. The molecule has 0 aromatic heterocycles. The van der Waals surface area contributed by atoms with E-state index in [0.29, 0.717) is 32.1 Å². The molecule has 19 heteroatoms. The van der Waals surface area contributed by atoms with Gasteiger partial charge in [-0.05, 0) is 141 Å². The lowest BCUT2D eigenvalue weighted by molar-refractivity contribution is -0.161. The third-order valence-corrected chi connectivity index (χ3v) is 16.4. The van der Waals surface area contributed by atoms with Gasteiger partial charge in [0, 0.05) is 25.7 Å². The summed E-state index contributed by atoms with van der Waals surface area (Å²) in [6.45, 7) is 4.42. The van der Waals surface area contributed by atoms with Crippen LogP contribution in [0.15, 0.2) is 134 Å². The van der Waals surface area contributed by atoms with Crippen LogP contribution in [-0.2, 0) is 65.4 Å². The van der Waals surface area contributed by atoms with Crippen LogP contribution >= 0.6 is 15.6 Å². The first-order valence-electron chi connectivity index (χ1n) is 36.4. The number of aliphatic hydroxyl groups excluding tert-OH is 1. The molecule has 0 saturated heterocycles. The van der Waals surface area contributed by atoms with Crippen LogP contribution in [-0.4, -0.2) is 96.7 Å². The molecule has 0 rings (SSSR count). The van der Waals surface area contributed by atoms with Crippen molar-refractivity contribution in [1.29, 1.82) is 0 Å². The van der Waals surface area contributed by atoms with Crippen LogP contribution in [0.4, 0.5) is 0 Å². The van der Waals surface area contributed by atoms with Crippen LogP contribution in [0.5, 0.6) is 0 Å². The third kappa shape index (κ3) is 67.8. The normalized spacial score (nSPS) is 14.8. The maximum atomic E-state index is 13.0. The third-order valence-electron chi connectivity index (χ3n) is 14.5. The van der Waals surface area contributed by atoms with Gasteiger partial charge < -0.3 is 33.8 Å². The lowest BCUT2D eigenvalue weighted by atomic mass is 10.1. The smallest absolute Gasteiger partial charge is 0.462 e. The molecule has 96 heavy (non-hydrogen) atoms. The van der Waals surface area contributed by atoms with Gasteiger partial charge in [-0.3, -0.25) is 37.3 Å². The highest BCUT2D eigenvalue weighted by molar-refractivity contribution is 7.47. The van der Waals surface area contributed by atoms with Crippen LogP contribution in [0.1, 0.15) is 272 Å². The molecule has 0 aliphatic rings. The lowest BCUT2D eigenvalue weighted by Crippen LogP contribution is -2.30. The molecule has 0 amide bonds. The largest absolute Gasteiger partial charge is 0.472 e. The minimum Gasteiger partial charge on any atom is -0.462 e. The predicted octanol–water partition coefficient (Wildman–Crippen LogP) is 20.5. The average Bonchev–Trinajstić information content (AvgIpc) is 3.12. The molecule has 0 aliphatic carbocycles. The van der Waals surface area contributed by atoms with Gasteiger partial charge in [0.15, 0.2) is 12.2 Å². The van der Waals surface area contributed by atoms with Crippen LogP contribution in [0.3, 0.4) is 0 Å². The van der Waals surface area contributed by atoms with E-state index in [-0.39, 0.29) is 25.7 Å². The van der Waals surface area contributed by atoms with Gasteiger partial charge in [-0.1, -0.05) is 238 Å². The van der Waals surface area contributed by atoms with E-state index < -0.39 is 97.5 Å². The van der Waals surface area contributed by atoms with Crippen molar-refractivity contribution in [1.82, 2.24) is 0 Å². The Morgan fingerprint density at radius 1 is 0.302 bits per heavy atom. The second-order valence-corrected chi connectivity index (χ2v) is 26.7. The molecule has 0 aliphatic heterocycles. The second-order valence-electron chi connectivity index (χ2n) is 23.8. The van der Waals surface area contributed by atoms with E-state index in [9.17, 15) is 43.2 Å². The van der Waals surface area contributed by atoms with E-state index in [1.165, 1.54) is 0 Å². The number of hydrogen-bond acceptors (Lipinski definition) is 15. The molecular weight excluding hydrogens is 1260 g/mol.